The standard InChI is InChI=1S/C23H24F2N4OS.ClH/c1-12-21(16-11-27-7-6-14(16)13-4-5-17(24)18(25)9-13)28-29-8-2-3-19-15(22(12)29)10-20(31-19)23(26)30;/h4-5,9-10,14,16,27H,2-3,6-8,11H2,1H3,(H2,26,30);1H/t14-,16-;/m1./s1. The first kappa shape index (κ1) is 22.9. The summed E-state index contributed by atoms with van der Waals surface area (Å²) in [5.41, 5.74) is 10.5. The average molecular weight is 479 g/mol. The summed E-state index contributed by atoms with van der Waals surface area (Å²) in [5.74, 6) is -1.94. The number of nitrogens with two attached hydrogens (primary N) is 1. The number of piperidine rings is 1. The molecule has 0 aliphatic carbocycles. The Morgan fingerprint density at radius 3 is 2.81 bits per heavy atom. The highest BCUT2D eigenvalue weighted by atomic mass is 35.5. The lowest BCUT2D eigenvalue weighted by atomic mass is 9.78. The third-order valence-corrected chi connectivity index (χ3v) is 7.72. The van der Waals surface area contributed by atoms with Gasteiger partial charge in [0.25, 0.3) is 5.91 Å². The van der Waals surface area contributed by atoms with Gasteiger partial charge in [0.2, 0.25) is 0 Å². The molecule has 3 aromatic rings. The first-order chi connectivity index (χ1) is 14.9. The molecule has 0 saturated carbocycles. The van der Waals surface area contributed by atoms with Gasteiger partial charge in [-0.2, -0.15) is 5.10 Å². The number of halogens is 3. The molecule has 5 nitrogen and oxygen atoms in total. The first-order valence-corrected chi connectivity index (χ1v) is 11.4. The second kappa shape index (κ2) is 8.92. The molecule has 2 atom stereocenters. The molecular weight excluding hydrogens is 454 g/mol. The van der Waals surface area contributed by atoms with Crippen LogP contribution >= 0.6 is 23.7 Å². The van der Waals surface area contributed by atoms with Crippen molar-refractivity contribution in [3.63, 3.8) is 0 Å². The molecule has 0 bridgehead atoms. The van der Waals surface area contributed by atoms with E-state index in [9.17, 15) is 13.6 Å². The molecular formula is C23H25ClF2N4OS. The van der Waals surface area contributed by atoms with E-state index in [2.05, 4.69) is 12.2 Å². The van der Waals surface area contributed by atoms with E-state index in [1.165, 1.54) is 28.3 Å². The van der Waals surface area contributed by atoms with Crippen molar-refractivity contribution < 1.29 is 13.6 Å². The Morgan fingerprint density at radius 2 is 2.06 bits per heavy atom. The molecule has 170 valence electrons. The normalized spacial score (nSPS) is 20.1. The summed E-state index contributed by atoms with van der Waals surface area (Å²) < 4.78 is 29.5. The number of amides is 1. The summed E-state index contributed by atoms with van der Waals surface area (Å²) >= 11 is 1.47. The van der Waals surface area contributed by atoms with Crippen LogP contribution in [0.15, 0.2) is 24.3 Å². The van der Waals surface area contributed by atoms with Gasteiger partial charge in [0, 0.05) is 29.4 Å². The lowest BCUT2D eigenvalue weighted by Crippen LogP contribution is -2.34. The summed E-state index contributed by atoms with van der Waals surface area (Å²) in [6, 6.07) is 6.12. The summed E-state index contributed by atoms with van der Waals surface area (Å²) in [7, 11) is 0. The fourth-order valence-electron chi connectivity index (χ4n) is 5.04. The van der Waals surface area contributed by atoms with Crippen LogP contribution in [0.1, 0.15) is 56.0 Å². The van der Waals surface area contributed by atoms with Crippen molar-refractivity contribution in [2.75, 3.05) is 13.1 Å². The monoisotopic (exact) mass is 478 g/mol. The Kier molecular flexibility index (Phi) is 6.38. The van der Waals surface area contributed by atoms with Gasteiger partial charge in [-0.1, -0.05) is 6.07 Å². The number of thiophene rings is 1. The molecule has 1 saturated heterocycles. The molecule has 9 heteroatoms. The quantitative estimate of drug-likeness (QED) is 0.581. The van der Waals surface area contributed by atoms with Crippen molar-refractivity contribution >= 4 is 29.7 Å². The fourth-order valence-corrected chi connectivity index (χ4v) is 6.09. The van der Waals surface area contributed by atoms with Crippen LogP contribution in [0.2, 0.25) is 0 Å². The van der Waals surface area contributed by atoms with Gasteiger partial charge in [-0.05, 0) is 68.0 Å². The van der Waals surface area contributed by atoms with Gasteiger partial charge in [0.15, 0.2) is 11.6 Å². The van der Waals surface area contributed by atoms with Crippen molar-refractivity contribution in [1.29, 1.82) is 0 Å². The Hall–Kier alpha value is -2.29. The van der Waals surface area contributed by atoms with Crippen LogP contribution in [0, 0.1) is 18.6 Å². The number of nitrogens with one attached hydrogen (secondary N) is 1. The number of hydrogen-bond donors (Lipinski definition) is 2. The lowest BCUT2D eigenvalue weighted by Gasteiger charge is -2.32. The van der Waals surface area contributed by atoms with Crippen molar-refractivity contribution in [3.8, 4) is 11.3 Å². The minimum Gasteiger partial charge on any atom is -0.365 e. The van der Waals surface area contributed by atoms with Crippen molar-refractivity contribution in [2.45, 2.75) is 44.6 Å². The molecule has 1 amide bonds. The fraction of sp³-hybridized carbons (Fsp3) is 0.391. The zero-order valence-corrected chi connectivity index (χ0v) is 19.3. The Labute approximate surface area is 195 Å². The number of carbonyl (C=O) groups excluding carboxylic acids is 1. The van der Waals surface area contributed by atoms with Crippen LogP contribution in [0.4, 0.5) is 8.78 Å². The summed E-state index contributed by atoms with van der Waals surface area (Å²) in [5, 5.41) is 8.44. The van der Waals surface area contributed by atoms with E-state index < -0.39 is 17.5 Å². The molecule has 2 aliphatic heterocycles. The zero-order valence-electron chi connectivity index (χ0n) is 17.7. The number of aryl methyl sites for hydroxylation is 2. The van der Waals surface area contributed by atoms with Crippen LogP contribution in [-0.2, 0) is 13.0 Å². The molecule has 1 aromatic carbocycles. The molecule has 32 heavy (non-hydrogen) atoms. The highest BCUT2D eigenvalue weighted by molar-refractivity contribution is 7.14. The minimum absolute atomic E-state index is 0. The maximum atomic E-state index is 14.0. The SMILES string of the molecule is Cc1c([C@@H]2CNCC[C@@H]2c2ccc(F)c(F)c2)nn2c1-c1cc(C(N)=O)sc1CCC2.Cl. The summed E-state index contributed by atoms with van der Waals surface area (Å²) in [6.45, 7) is 4.43. The maximum absolute atomic E-state index is 14.0. The zero-order chi connectivity index (χ0) is 21.7. The predicted octanol–water partition coefficient (Wildman–Crippen LogP) is 4.53. The molecule has 2 aliphatic rings. The number of primary amides is 1. The largest absolute Gasteiger partial charge is 0.365 e. The molecule has 3 N–H and O–H groups in total. The molecule has 2 aromatic heterocycles. The molecule has 1 fully saturated rings. The van der Waals surface area contributed by atoms with E-state index in [4.69, 9.17) is 10.8 Å². The van der Waals surface area contributed by atoms with Crippen LogP contribution in [0.3, 0.4) is 0 Å². The van der Waals surface area contributed by atoms with Crippen molar-refractivity contribution in [1.82, 2.24) is 15.1 Å². The third kappa shape index (κ3) is 3.84. The van der Waals surface area contributed by atoms with Crippen LogP contribution in [0.5, 0.6) is 0 Å². The number of fused-ring (bicyclic) bond motifs is 3. The number of rotatable bonds is 3. The summed E-state index contributed by atoms with van der Waals surface area (Å²) in [4.78, 5) is 13.5. The van der Waals surface area contributed by atoms with Crippen LogP contribution < -0.4 is 11.1 Å². The van der Waals surface area contributed by atoms with Gasteiger partial charge in [0.05, 0.1) is 16.3 Å². The number of aromatic nitrogens is 2. The van der Waals surface area contributed by atoms with E-state index in [1.54, 1.807) is 6.07 Å². The lowest BCUT2D eigenvalue weighted by molar-refractivity contribution is 0.100. The van der Waals surface area contributed by atoms with E-state index in [0.717, 1.165) is 67.0 Å². The Balaban J connectivity index is 0.00000245. The molecule has 4 heterocycles. The second-order valence-corrected chi connectivity index (χ2v) is 9.51. The topological polar surface area (TPSA) is 72.9 Å². The van der Waals surface area contributed by atoms with Gasteiger partial charge in [-0.15, -0.1) is 23.7 Å². The average Bonchev–Trinajstić information content (AvgIpc) is 3.26. The molecule has 0 radical (unpaired) electrons. The number of carbonyl (C=O) groups is 1. The van der Waals surface area contributed by atoms with Crippen LogP contribution in [-0.4, -0.2) is 28.8 Å². The first-order valence-electron chi connectivity index (χ1n) is 10.6. The van der Waals surface area contributed by atoms with Gasteiger partial charge < -0.3 is 11.1 Å². The Morgan fingerprint density at radius 1 is 1.25 bits per heavy atom. The van der Waals surface area contributed by atoms with E-state index >= 15 is 0 Å². The number of hydrogen-bond acceptors (Lipinski definition) is 4. The highest BCUT2D eigenvalue weighted by Gasteiger charge is 2.34. The maximum Gasteiger partial charge on any atom is 0.258 e. The van der Waals surface area contributed by atoms with Crippen molar-refractivity contribution in [3.05, 3.63) is 62.5 Å². The second-order valence-electron chi connectivity index (χ2n) is 8.38. The van der Waals surface area contributed by atoms with E-state index in [-0.39, 0.29) is 24.2 Å². The van der Waals surface area contributed by atoms with Gasteiger partial charge in [-0.3, -0.25) is 9.48 Å². The van der Waals surface area contributed by atoms with E-state index in [0.29, 0.717) is 4.88 Å². The van der Waals surface area contributed by atoms with Gasteiger partial charge in [-0.25, -0.2) is 8.78 Å². The molecule has 5 rings (SSSR count). The Bertz CT molecular complexity index is 1180. The molecule has 0 unspecified atom stereocenters. The number of nitrogens with zero attached hydrogens (tertiary/aromatic N) is 2. The van der Waals surface area contributed by atoms with Gasteiger partial charge >= 0.3 is 0 Å². The van der Waals surface area contributed by atoms with Crippen molar-refractivity contribution in [2.24, 2.45) is 5.73 Å². The van der Waals surface area contributed by atoms with Crippen LogP contribution in [0.25, 0.3) is 11.3 Å². The number of benzene rings is 1. The third-order valence-electron chi connectivity index (χ3n) is 6.51. The smallest absolute Gasteiger partial charge is 0.258 e. The minimum atomic E-state index is -0.825. The predicted molar refractivity (Wildman–Crippen MR) is 124 cm³/mol. The summed E-state index contributed by atoms with van der Waals surface area (Å²) in [6.07, 6.45) is 2.66. The van der Waals surface area contributed by atoms with E-state index in [1.807, 2.05) is 10.7 Å². The molecule has 0 spiro atoms. The van der Waals surface area contributed by atoms with Gasteiger partial charge in [0.1, 0.15) is 0 Å². The highest BCUT2D eigenvalue weighted by Crippen LogP contribution is 2.43.